The van der Waals surface area contributed by atoms with Crippen molar-refractivity contribution in [2.75, 3.05) is 11.4 Å². The third-order valence-corrected chi connectivity index (χ3v) is 3.95. The molecule has 14 heavy (non-hydrogen) atoms. The van der Waals surface area contributed by atoms with Gasteiger partial charge in [0.1, 0.15) is 8.58 Å². The zero-order valence-corrected chi connectivity index (χ0v) is 10.4. The molecule has 1 aliphatic heterocycles. The van der Waals surface area contributed by atoms with E-state index in [0.717, 1.165) is 0 Å². The van der Waals surface area contributed by atoms with E-state index in [0.29, 0.717) is 13.0 Å². The van der Waals surface area contributed by atoms with Gasteiger partial charge >= 0.3 is 0 Å². The van der Waals surface area contributed by atoms with Crippen molar-refractivity contribution in [1.29, 1.82) is 0 Å². The Balaban J connectivity index is 2.35. The van der Waals surface area contributed by atoms with Crippen LogP contribution in [0.4, 0.5) is 5.00 Å². The fourth-order valence-corrected chi connectivity index (χ4v) is 2.48. The maximum absolute atomic E-state index is 11.3. The number of nitrogens with zero attached hydrogens (tertiary/aromatic N) is 2. The van der Waals surface area contributed by atoms with E-state index >= 15 is 0 Å². The van der Waals surface area contributed by atoms with Gasteiger partial charge in [0, 0.05) is 0 Å². The Morgan fingerprint density at radius 2 is 2.43 bits per heavy atom. The monoisotopic (exact) mass is 342 g/mol. The minimum Gasteiger partial charge on any atom is -0.494 e. The predicted octanol–water partition coefficient (Wildman–Crippen LogP) is 2.35. The molecule has 1 N–H and O–H groups in total. The van der Waals surface area contributed by atoms with Crippen LogP contribution in [0.5, 0.6) is 0 Å². The summed E-state index contributed by atoms with van der Waals surface area (Å²) in [6.07, 6.45) is 1.53. The largest absolute Gasteiger partial charge is 0.494 e. The summed E-state index contributed by atoms with van der Waals surface area (Å²) >= 11 is 8.70. The molecule has 0 saturated carbocycles. The lowest BCUT2D eigenvalue weighted by Crippen LogP contribution is -2.19. The van der Waals surface area contributed by atoms with Crippen LogP contribution < -0.4 is 4.90 Å². The van der Waals surface area contributed by atoms with Gasteiger partial charge in [-0.05, 0) is 22.6 Å². The van der Waals surface area contributed by atoms with E-state index in [1.165, 1.54) is 22.4 Å². The number of thiazole rings is 1. The molecule has 0 aromatic carbocycles. The van der Waals surface area contributed by atoms with E-state index in [1.54, 1.807) is 0 Å². The molecule has 0 radical (unpaired) electrons. The van der Waals surface area contributed by atoms with Gasteiger partial charge in [0.2, 0.25) is 5.88 Å². The van der Waals surface area contributed by atoms with Crippen LogP contribution in [-0.2, 0) is 4.79 Å². The lowest BCUT2D eigenvalue weighted by Gasteiger charge is -2.12. The Morgan fingerprint density at radius 1 is 1.71 bits per heavy atom. The van der Waals surface area contributed by atoms with Gasteiger partial charge < -0.3 is 5.11 Å². The quantitative estimate of drug-likeness (QED) is 0.796. The van der Waals surface area contributed by atoms with E-state index in [1.807, 2.05) is 22.6 Å². The Hall–Kier alpha value is -0.340. The number of Topliss-reactive ketones (excluding diaryl/α,β-unsaturated/α-hetero) is 1. The molecular formula is C7H4ClIN2O2S. The number of hydrogen-bond donors (Lipinski definition) is 1. The first kappa shape index (κ1) is 10.2. The van der Waals surface area contributed by atoms with Crippen LogP contribution in [0.2, 0.25) is 4.47 Å². The summed E-state index contributed by atoms with van der Waals surface area (Å²) in [4.78, 5) is 16.6. The smallest absolute Gasteiger partial charge is 0.210 e. The summed E-state index contributed by atoms with van der Waals surface area (Å²) in [5.74, 6) is -0.108. The van der Waals surface area contributed by atoms with Crippen molar-refractivity contribution in [3.8, 4) is 0 Å². The first-order valence-corrected chi connectivity index (χ1v) is 5.87. The number of anilines is 1. The highest BCUT2D eigenvalue weighted by atomic mass is 127. The second-order valence-corrected chi connectivity index (χ2v) is 5.27. The number of carbonyl (C=O) groups is 1. The van der Waals surface area contributed by atoms with Crippen molar-refractivity contribution in [3.63, 3.8) is 0 Å². The highest BCUT2D eigenvalue weighted by Crippen LogP contribution is 2.33. The molecular weight excluding hydrogens is 339 g/mol. The molecule has 1 aromatic rings. The maximum Gasteiger partial charge on any atom is 0.210 e. The summed E-state index contributed by atoms with van der Waals surface area (Å²) in [7, 11) is 0. The number of carbonyl (C=O) groups excluding carboxylic acids is 1. The van der Waals surface area contributed by atoms with Gasteiger partial charge in [-0.1, -0.05) is 22.9 Å². The molecule has 74 valence electrons. The Bertz CT molecular complexity index is 431. The van der Waals surface area contributed by atoms with Crippen molar-refractivity contribution in [2.45, 2.75) is 0 Å². The summed E-state index contributed by atoms with van der Waals surface area (Å²) in [6.45, 7) is 0.155. The minimum atomic E-state index is -0.0902. The third-order valence-electron chi connectivity index (χ3n) is 1.73. The van der Waals surface area contributed by atoms with E-state index in [9.17, 15) is 9.90 Å². The lowest BCUT2D eigenvalue weighted by molar-refractivity contribution is -0.113. The maximum atomic E-state index is 11.3. The molecule has 4 nitrogen and oxygen atoms in total. The zero-order valence-electron chi connectivity index (χ0n) is 6.70. The van der Waals surface area contributed by atoms with Gasteiger partial charge in [0.15, 0.2) is 10.3 Å². The molecule has 1 aliphatic rings. The summed E-state index contributed by atoms with van der Waals surface area (Å²) in [5.41, 5.74) is 0. The van der Waals surface area contributed by atoms with Gasteiger partial charge in [0.25, 0.3) is 0 Å². The molecule has 2 rings (SSSR count). The predicted molar refractivity (Wildman–Crippen MR) is 63.2 cm³/mol. The molecule has 0 bridgehead atoms. The molecule has 7 heteroatoms. The fraction of sp³-hybridized carbons (Fsp3) is 0.143. The summed E-state index contributed by atoms with van der Waals surface area (Å²) in [5, 5.41) is 10.3. The number of aromatic nitrogens is 1. The fourth-order valence-electron chi connectivity index (χ4n) is 1.08. The molecule has 0 saturated heterocycles. The Morgan fingerprint density at radius 3 is 2.86 bits per heavy atom. The Labute approximate surface area is 102 Å². The van der Waals surface area contributed by atoms with Crippen LogP contribution in [0.15, 0.2) is 15.7 Å². The van der Waals surface area contributed by atoms with Crippen molar-refractivity contribution in [2.24, 2.45) is 0 Å². The highest BCUT2D eigenvalue weighted by molar-refractivity contribution is 14.1. The van der Waals surface area contributed by atoms with Gasteiger partial charge in [-0.25, -0.2) is 4.98 Å². The number of aliphatic hydroxyl groups excluding tert-OH is 1. The number of hydrogen-bond acceptors (Lipinski definition) is 5. The second-order valence-electron chi connectivity index (χ2n) is 2.60. The van der Waals surface area contributed by atoms with Crippen LogP contribution in [0.3, 0.4) is 0 Å². The van der Waals surface area contributed by atoms with Crippen LogP contribution in [0.1, 0.15) is 0 Å². The summed E-state index contributed by atoms with van der Waals surface area (Å²) in [6, 6.07) is 0. The van der Waals surface area contributed by atoms with Crippen molar-refractivity contribution >= 4 is 56.3 Å². The molecule has 0 atom stereocenters. The standard InChI is InChI=1S/C7H4ClIN2O2S/c8-7-10-1-4(14-7)11-2-3(12)5(9)6(11)13/h1,13H,2H2. The van der Waals surface area contributed by atoms with Crippen LogP contribution in [0, 0.1) is 0 Å². The van der Waals surface area contributed by atoms with Crippen molar-refractivity contribution in [1.82, 2.24) is 4.98 Å². The average molecular weight is 343 g/mol. The van der Waals surface area contributed by atoms with Crippen molar-refractivity contribution in [3.05, 3.63) is 20.1 Å². The van der Waals surface area contributed by atoms with Crippen molar-refractivity contribution < 1.29 is 9.90 Å². The molecule has 0 aliphatic carbocycles. The SMILES string of the molecule is O=C1CN(c2cnc(Cl)s2)C(O)=C1I. The molecule has 2 heterocycles. The average Bonchev–Trinajstić information content (AvgIpc) is 2.66. The number of rotatable bonds is 1. The van der Waals surface area contributed by atoms with E-state index in [2.05, 4.69) is 4.98 Å². The normalized spacial score (nSPS) is 17.0. The number of aliphatic hydroxyl groups is 1. The molecule has 0 amide bonds. The van der Waals surface area contributed by atoms with Gasteiger partial charge in [-0.2, -0.15) is 0 Å². The molecule has 0 spiro atoms. The number of ketones is 1. The van der Waals surface area contributed by atoms with Crippen LogP contribution >= 0.6 is 45.5 Å². The lowest BCUT2D eigenvalue weighted by atomic mass is 10.4. The molecule has 1 aromatic heterocycles. The van der Waals surface area contributed by atoms with Gasteiger partial charge in [-0.3, -0.25) is 9.69 Å². The molecule has 0 fully saturated rings. The first-order chi connectivity index (χ1) is 6.59. The summed E-state index contributed by atoms with van der Waals surface area (Å²) < 4.78 is 0.745. The second kappa shape index (κ2) is 3.67. The topological polar surface area (TPSA) is 53.4 Å². The van der Waals surface area contributed by atoms with Gasteiger partial charge in [-0.15, -0.1) is 0 Å². The van der Waals surface area contributed by atoms with Crippen LogP contribution in [-0.4, -0.2) is 22.4 Å². The highest BCUT2D eigenvalue weighted by Gasteiger charge is 2.30. The van der Waals surface area contributed by atoms with E-state index in [-0.39, 0.29) is 18.2 Å². The Kier molecular flexibility index (Phi) is 2.67. The van der Waals surface area contributed by atoms with Gasteiger partial charge in [0.05, 0.1) is 12.7 Å². The van der Waals surface area contributed by atoms with E-state index in [4.69, 9.17) is 11.6 Å². The number of halogens is 2. The van der Waals surface area contributed by atoms with Crippen LogP contribution in [0.25, 0.3) is 0 Å². The molecule has 0 unspecified atom stereocenters. The minimum absolute atomic E-state index is 0.0177. The van der Waals surface area contributed by atoms with E-state index < -0.39 is 0 Å². The first-order valence-electron chi connectivity index (χ1n) is 3.60. The third kappa shape index (κ3) is 1.61. The zero-order chi connectivity index (χ0) is 10.3.